The largest absolute Gasteiger partial charge is 0.493 e. The van der Waals surface area contributed by atoms with E-state index in [1.165, 1.54) is 11.1 Å². The molecule has 0 spiro atoms. The van der Waals surface area contributed by atoms with Crippen LogP contribution < -0.4 is 9.47 Å². The fourth-order valence-corrected chi connectivity index (χ4v) is 2.51. The molecule has 3 nitrogen and oxygen atoms in total. The summed E-state index contributed by atoms with van der Waals surface area (Å²) >= 11 is 0. The van der Waals surface area contributed by atoms with Gasteiger partial charge in [0.15, 0.2) is 11.5 Å². The predicted molar refractivity (Wildman–Crippen MR) is 89.8 cm³/mol. The van der Waals surface area contributed by atoms with E-state index in [2.05, 4.69) is 38.1 Å². The van der Waals surface area contributed by atoms with Gasteiger partial charge in [0, 0.05) is 17.0 Å². The van der Waals surface area contributed by atoms with E-state index in [1.54, 1.807) is 14.2 Å². The van der Waals surface area contributed by atoms with Gasteiger partial charge in [-0.25, -0.2) is 4.98 Å². The molecule has 0 fully saturated rings. The quantitative estimate of drug-likeness (QED) is 0.710. The molecule has 3 heteroatoms. The van der Waals surface area contributed by atoms with Crippen LogP contribution in [-0.2, 0) is 0 Å². The maximum Gasteiger partial charge on any atom is 0.162 e. The Bertz CT molecular complexity index is 840. The van der Waals surface area contributed by atoms with Gasteiger partial charge in [0.2, 0.25) is 0 Å². The van der Waals surface area contributed by atoms with Gasteiger partial charge in [0.05, 0.1) is 25.4 Å². The smallest absolute Gasteiger partial charge is 0.162 e. The third-order valence-electron chi connectivity index (χ3n) is 4.00. The first-order chi connectivity index (χ1) is 10.6. The van der Waals surface area contributed by atoms with Crippen molar-refractivity contribution in [3.05, 3.63) is 53.6 Å². The summed E-state index contributed by atoms with van der Waals surface area (Å²) in [5, 5.41) is 1.03. The molecule has 0 aliphatic heterocycles. The van der Waals surface area contributed by atoms with Gasteiger partial charge < -0.3 is 9.47 Å². The minimum absolute atomic E-state index is 0.694. The third-order valence-corrected chi connectivity index (χ3v) is 4.00. The lowest BCUT2D eigenvalue weighted by Gasteiger charge is -2.10. The molecule has 1 heterocycles. The first kappa shape index (κ1) is 14.4. The highest BCUT2D eigenvalue weighted by Crippen LogP contribution is 2.32. The van der Waals surface area contributed by atoms with Crippen LogP contribution in [-0.4, -0.2) is 19.2 Å². The SMILES string of the molecule is COc1cc2ccc(-c3ccc(C)c(C)c3)nc2cc1OC. The summed E-state index contributed by atoms with van der Waals surface area (Å²) in [4.78, 5) is 4.76. The number of rotatable bonds is 3. The highest BCUT2D eigenvalue weighted by molar-refractivity contribution is 5.85. The van der Waals surface area contributed by atoms with Crippen LogP contribution >= 0.6 is 0 Å². The van der Waals surface area contributed by atoms with E-state index in [0.717, 1.165) is 27.9 Å². The number of nitrogens with zero attached hydrogens (tertiary/aromatic N) is 1. The predicted octanol–water partition coefficient (Wildman–Crippen LogP) is 4.54. The molecule has 0 saturated heterocycles. The van der Waals surface area contributed by atoms with Crippen LogP contribution in [0.1, 0.15) is 11.1 Å². The lowest BCUT2D eigenvalue weighted by atomic mass is 10.0. The van der Waals surface area contributed by atoms with Gasteiger partial charge in [-0.2, -0.15) is 0 Å². The van der Waals surface area contributed by atoms with Gasteiger partial charge in [-0.15, -0.1) is 0 Å². The van der Waals surface area contributed by atoms with Crippen molar-refractivity contribution in [2.45, 2.75) is 13.8 Å². The highest BCUT2D eigenvalue weighted by Gasteiger charge is 2.08. The van der Waals surface area contributed by atoms with E-state index in [-0.39, 0.29) is 0 Å². The van der Waals surface area contributed by atoms with E-state index in [0.29, 0.717) is 5.75 Å². The molecule has 1 aromatic heterocycles. The minimum Gasteiger partial charge on any atom is -0.493 e. The summed E-state index contributed by atoms with van der Waals surface area (Å²) in [6, 6.07) is 14.4. The van der Waals surface area contributed by atoms with Gasteiger partial charge in [0.25, 0.3) is 0 Å². The highest BCUT2D eigenvalue weighted by atomic mass is 16.5. The zero-order valence-corrected chi connectivity index (χ0v) is 13.3. The average Bonchev–Trinajstić information content (AvgIpc) is 2.55. The standard InChI is InChI=1S/C19H19NO2/c1-12-5-6-14(9-13(12)2)16-8-7-15-10-18(21-3)19(22-4)11-17(15)20-16/h5-11H,1-4H3. The average molecular weight is 293 g/mol. The maximum absolute atomic E-state index is 5.36. The van der Waals surface area contributed by atoms with E-state index < -0.39 is 0 Å². The molecule has 22 heavy (non-hydrogen) atoms. The van der Waals surface area contributed by atoms with Gasteiger partial charge >= 0.3 is 0 Å². The Balaban J connectivity index is 2.14. The van der Waals surface area contributed by atoms with Crippen molar-refractivity contribution < 1.29 is 9.47 Å². The molecular formula is C19H19NO2. The number of hydrogen-bond acceptors (Lipinski definition) is 3. The molecule has 0 radical (unpaired) electrons. The summed E-state index contributed by atoms with van der Waals surface area (Å²) in [5.41, 5.74) is 5.54. The van der Waals surface area contributed by atoms with Gasteiger partial charge in [-0.3, -0.25) is 0 Å². The molecule has 0 saturated carbocycles. The molecule has 0 unspecified atom stereocenters. The minimum atomic E-state index is 0.694. The molecule has 112 valence electrons. The fraction of sp³-hybridized carbons (Fsp3) is 0.211. The molecule has 0 amide bonds. The lowest BCUT2D eigenvalue weighted by molar-refractivity contribution is 0.356. The summed E-state index contributed by atoms with van der Waals surface area (Å²) in [6.07, 6.45) is 0. The van der Waals surface area contributed by atoms with Crippen molar-refractivity contribution in [1.82, 2.24) is 4.98 Å². The van der Waals surface area contributed by atoms with Crippen molar-refractivity contribution in [2.24, 2.45) is 0 Å². The summed E-state index contributed by atoms with van der Waals surface area (Å²) in [5.74, 6) is 1.41. The van der Waals surface area contributed by atoms with Crippen LogP contribution in [0.25, 0.3) is 22.2 Å². The maximum atomic E-state index is 5.36. The number of aryl methyl sites for hydroxylation is 2. The van der Waals surface area contributed by atoms with Crippen LogP contribution in [0, 0.1) is 13.8 Å². The van der Waals surface area contributed by atoms with Crippen LogP contribution in [0.3, 0.4) is 0 Å². The Morgan fingerprint density at radius 3 is 2.18 bits per heavy atom. The summed E-state index contributed by atoms with van der Waals surface area (Å²) < 4.78 is 10.7. The molecular weight excluding hydrogens is 274 g/mol. The number of benzene rings is 2. The third kappa shape index (κ3) is 2.50. The Kier molecular flexibility index (Phi) is 3.72. The van der Waals surface area contributed by atoms with Gasteiger partial charge in [0.1, 0.15) is 0 Å². The first-order valence-electron chi connectivity index (χ1n) is 7.23. The van der Waals surface area contributed by atoms with Crippen LogP contribution in [0.2, 0.25) is 0 Å². The molecule has 2 aromatic carbocycles. The van der Waals surface area contributed by atoms with E-state index in [4.69, 9.17) is 14.5 Å². The van der Waals surface area contributed by atoms with Gasteiger partial charge in [-0.1, -0.05) is 18.2 Å². The number of hydrogen-bond donors (Lipinski definition) is 0. The summed E-state index contributed by atoms with van der Waals surface area (Å²) in [6.45, 7) is 4.23. The van der Waals surface area contributed by atoms with Crippen LogP contribution in [0.4, 0.5) is 0 Å². The number of pyridine rings is 1. The zero-order chi connectivity index (χ0) is 15.7. The monoisotopic (exact) mass is 293 g/mol. The molecule has 3 rings (SSSR count). The van der Waals surface area contributed by atoms with E-state index >= 15 is 0 Å². The van der Waals surface area contributed by atoms with Crippen LogP contribution in [0.5, 0.6) is 11.5 Å². The Morgan fingerprint density at radius 1 is 0.773 bits per heavy atom. The van der Waals surface area contributed by atoms with Gasteiger partial charge in [-0.05, 0) is 43.2 Å². The lowest BCUT2D eigenvalue weighted by Crippen LogP contribution is -1.92. The van der Waals surface area contributed by atoms with Crippen molar-refractivity contribution >= 4 is 10.9 Å². The molecule has 0 N–H and O–H groups in total. The fourth-order valence-electron chi connectivity index (χ4n) is 2.51. The normalized spacial score (nSPS) is 10.7. The Morgan fingerprint density at radius 2 is 1.50 bits per heavy atom. The van der Waals surface area contributed by atoms with Crippen molar-refractivity contribution in [3.8, 4) is 22.8 Å². The van der Waals surface area contributed by atoms with E-state index in [9.17, 15) is 0 Å². The first-order valence-corrected chi connectivity index (χ1v) is 7.23. The second-order valence-electron chi connectivity index (χ2n) is 5.40. The van der Waals surface area contributed by atoms with Crippen molar-refractivity contribution in [2.75, 3.05) is 14.2 Å². The Labute approximate surface area is 130 Å². The summed E-state index contributed by atoms with van der Waals surface area (Å²) in [7, 11) is 3.28. The molecule has 0 bridgehead atoms. The number of ether oxygens (including phenoxy) is 2. The van der Waals surface area contributed by atoms with Crippen molar-refractivity contribution in [3.63, 3.8) is 0 Å². The topological polar surface area (TPSA) is 31.4 Å². The molecule has 3 aromatic rings. The van der Waals surface area contributed by atoms with E-state index in [1.807, 2.05) is 18.2 Å². The molecule has 0 aliphatic rings. The van der Waals surface area contributed by atoms with Crippen LogP contribution in [0.15, 0.2) is 42.5 Å². The number of fused-ring (bicyclic) bond motifs is 1. The van der Waals surface area contributed by atoms with Crippen molar-refractivity contribution in [1.29, 1.82) is 0 Å². The second kappa shape index (κ2) is 5.68. The number of aromatic nitrogens is 1. The zero-order valence-electron chi connectivity index (χ0n) is 13.3. The number of methoxy groups -OCH3 is 2. The second-order valence-corrected chi connectivity index (χ2v) is 5.40. The molecule has 0 atom stereocenters. The molecule has 0 aliphatic carbocycles. The Hall–Kier alpha value is -2.55.